The van der Waals surface area contributed by atoms with Gasteiger partial charge < -0.3 is 24.8 Å². The number of esters is 2. The fourth-order valence-corrected chi connectivity index (χ4v) is 3.55. The second-order valence-electron chi connectivity index (χ2n) is 10.2. The molecule has 35 heavy (non-hydrogen) atoms. The number of hydrogen-bond donors (Lipinski definition) is 2. The highest BCUT2D eigenvalue weighted by molar-refractivity contribution is 7.99. The van der Waals surface area contributed by atoms with Gasteiger partial charge in [0.2, 0.25) is 5.91 Å². The maximum absolute atomic E-state index is 13.0. The zero-order valence-electron chi connectivity index (χ0n) is 21.9. The number of alkyl carbamates (subject to hydrolysis) is 1. The topological polar surface area (TPSA) is 120 Å². The van der Waals surface area contributed by atoms with Crippen molar-refractivity contribution in [1.29, 1.82) is 0 Å². The average molecular weight is 513 g/mol. The molecule has 198 valence electrons. The zero-order chi connectivity index (χ0) is 26.6. The molecule has 1 aliphatic carbocycles. The van der Waals surface area contributed by atoms with E-state index in [0.717, 1.165) is 18.4 Å². The molecular weight excluding hydrogens is 472 g/mol. The smallest absolute Gasteiger partial charge is 0.408 e. The number of thioether (sulfide) groups is 1. The first-order chi connectivity index (χ1) is 16.2. The van der Waals surface area contributed by atoms with Crippen LogP contribution in [0.3, 0.4) is 0 Å². The quantitative estimate of drug-likeness (QED) is 0.242. The summed E-state index contributed by atoms with van der Waals surface area (Å²) in [7, 11) is 0. The van der Waals surface area contributed by atoms with Crippen LogP contribution in [0.1, 0.15) is 73.6 Å². The Bertz CT molecular complexity index is 810. The molecule has 0 saturated heterocycles. The van der Waals surface area contributed by atoms with E-state index in [1.165, 1.54) is 11.8 Å². The molecule has 2 N–H and O–H groups in total. The summed E-state index contributed by atoms with van der Waals surface area (Å²) in [5, 5.41) is 4.71. The Morgan fingerprint density at radius 1 is 0.971 bits per heavy atom. The van der Waals surface area contributed by atoms with Gasteiger partial charge in [0.05, 0.1) is 11.8 Å². The SMILES string of the molecule is CSC(CC(=O)OC(C)(C)C)NC(=O)[C@H](CCC(=O)OC(C)(C)C)NC(=O)OCC1=CCCC=C1. The summed E-state index contributed by atoms with van der Waals surface area (Å²) < 4.78 is 15.9. The first kappa shape index (κ1) is 30.5. The highest BCUT2D eigenvalue weighted by Crippen LogP contribution is 2.15. The van der Waals surface area contributed by atoms with Gasteiger partial charge >= 0.3 is 18.0 Å². The third kappa shape index (κ3) is 14.5. The third-order valence-corrected chi connectivity index (χ3v) is 5.32. The molecule has 0 fully saturated rings. The standard InChI is InChI=1S/C25H40N2O7S/c1-24(2,3)33-20(28)14-13-18(26-23(31)32-16-17-11-9-8-10-12-17)22(30)27-19(35-7)15-21(29)34-25(4,5)6/h9,11-12,18-19H,8,10,13-16H2,1-7H3,(H,26,31)(H,27,30)/t18-,19?/m0/s1. The van der Waals surface area contributed by atoms with Crippen molar-refractivity contribution in [3.05, 3.63) is 23.8 Å². The van der Waals surface area contributed by atoms with Gasteiger partial charge in [-0.2, -0.15) is 0 Å². The minimum absolute atomic E-state index is 0.00594. The molecule has 2 amide bonds. The second-order valence-corrected chi connectivity index (χ2v) is 11.2. The van der Waals surface area contributed by atoms with Gasteiger partial charge in [-0.1, -0.05) is 18.2 Å². The minimum Gasteiger partial charge on any atom is -0.460 e. The van der Waals surface area contributed by atoms with E-state index in [1.54, 1.807) is 47.8 Å². The molecule has 1 unspecified atom stereocenters. The largest absolute Gasteiger partial charge is 0.460 e. The molecule has 0 aromatic heterocycles. The molecule has 0 aliphatic heterocycles. The van der Waals surface area contributed by atoms with Crippen LogP contribution in [-0.4, -0.2) is 59.4 Å². The van der Waals surface area contributed by atoms with Crippen LogP contribution in [0.25, 0.3) is 0 Å². The summed E-state index contributed by atoms with van der Waals surface area (Å²) in [6.45, 7) is 10.6. The Labute approximate surface area is 212 Å². The van der Waals surface area contributed by atoms with E-state index >= 15 is 0 Å². The van der Waals surface area contributed by atoms with E-state index in [-0.39, 0.29) is 25.9 Å². The first-order valence-electron chi connectivity index (χ1n) is 11.7. The number of nitrogens with one attached hydrogen (secondary N) is 2. The summed E-state index contributed by atoms with van der Waals surface area (Å²) in [6, 6.07) is -1.06. The molecule has 0 aromatic rings. The van der Waals surface area contributed by atoms with Crippen molar-refractivity contribution in [2.45, 2.75) is 96.3 Å². The van der Waals surface area contributed by atoms with E-state index in [0.29, 0.717) is 0 Å². The molecular formula is C25H40N2O7S. The lowest BCUT2D eigenvalue weighted by molar-refractivity contribution is -0.156. The van der Waals surface area contributed by atoms with Crippen molar-refractivity contribution < 1.29 is 33.4 Å². The summed E-state index contributed by atoms with van der Waals surface area (Å²) in [5.74, 6) is -1.48. The van der Waals surface area contributed by atoms with Crippen LogP contribution in [0.2, 0.25) is 0 Å². The van der Waals surface area contributed by atoms with Crippen LogP contribution in [0.4, 0.5) is 4.79 Å². The van der Waals surface area contributed by atoms with Gasteiger partial charge in [0.15, 0.2) is 0 Å². The molecule has 0 heterocycles. The van der Waals surface area contributed by atoms with E-state index in [9.17, 15) is 19.2 Å². The average Bonchev–Trinajstić information content (AvgIpc) is 2.72. The summed E-state index contributed by atoms with van der Waals surface area (Å²) >= 11 is 1.27. The van der Waals surface area contributed by atoms with Crippen molar-refractivity contribution in [2.24, 2.45) is 0 Å². The lowest BCUT2D eigenvalue weighted by Gasteiger charge is -2.24. The van der Waals surface area contributed by atoms with Gasteiger partial charge in [0, 0.05) is 6.42 Å². The Hall–Kier alpha value is -2.49. The summed E-state index contributed by atoms with van der Waals surface area (Å²) in [4.78, 5) is 49.8. The highest BCUT2D eigenvalue weighted by atomic mass is 32.2. The molecule has 9 nitrogen and oxygen atoms in total. The Balaban J connectivity index is 2.79. The summed E-state index contributed by atoms with van der Waals surface area (Å²) in [5.41, 5.74) is -0.436. The monoisotopic (exact) mass is 512 g/mol. The molecule has 1 rings (SSSR count). The number of rotatable bonds is 11. The highest BCUT2D eigenvalue weighted by Gasteiger charge is 2.28. The van der Waals surface area contributed by atoms with E-state index in [1.807, 2.05) is 18.2 Å². The lowest BCUT2D eigenvalue weighted by Crippen LogP contribution is -2.50. The normalized spacial score (nSPS) is 15.3. The number of amides is 2. The molecule has 0 spiro atoms. The minimum atomic E-state index is -1.06. The van der Waals surface area contributed by atoms with E-state index in [4.69, 9.17) is 14.2 Å². The number of carbonyl (C=O) groups is 4. The van der Waals surface area contributed by atoms with Crippen molar-refractivity contribution >= 4 is 35.7 Å². The van der Waals surface area contributed by atoms with Crippen LogP contribution in [0, 0.1) is 0 Å². The predicted octanol–water partition coefficient (Wildman–Crippen LogP) is 4.02. The van der Waals surface area contributed by atoms with Gasteiger partial charge in [-0.3, -0.25) is 14.4 Å². The second kappa shape index (κ2) is 14.2. The van der Waals surface area contributed by atoms with E-state index < -0.39 is 46.6 Å². The maximum atomic E-state index is 13.0. The molecule has 10 heteroatoms. The number of allylic oxidation sites excluding steroid dienone is 2. The van der Waals surface area contributed by atoms with Crippen molar-refractivity contribution in [2.75, 3.05) is 12.9 Å². The molecule has 0 radical (unpaired) electrons. The molecule has 2 atom stereocenters. The van der Waals surface area contributed by atoms with Crippen LogP contribution in [-0.2, 0) is 28.6 Å². The number of carbonyl (C=O) groups excluding carboxylic acids is 4. The van der Waals surface area contributed by atoms with Gasteiger partial charge in [0.25, 0.3) is 0 Å². The van der Waals surface area contributed by atoms with Crippen LogP contribution in [0.15, 0.2) is 23.8 Å². The lowest BCUT2D eigenvalue weighted by atomic mass is 10.1. The maximum Gasteiger partial charge on any atom is 0.408 e. The molecule has 0 bridgehead atoms. The van der Waals surface area contributed by atoms with Crippen LogP contribution < -0.4 is 10.6 Å². The van der Waals surface area contributed by atoms with Gasteiger partial charge in [0.1, 0.15) is 23.9 Å². The van der Waals surface area contributed by atoms with Crippen LogP contribution >= 0.6 is 11.8 Å². The van der Waals surface area contributed by atoms with Crippen molar-refractivity contribution in [3.63, 3.8) is 0 Å². The van der Waals surface area contributed by atoms with Crippen LogP contribution in [0.5, 0.6) is 0 Å². The molecule has 0 saturated carbocycles. The van der Waals surface area contributed by atoms with E-state index in [2.05, 4.69) is 10.6 Å². The zero-order valence-corrected chi connectivity index (χ0v) is 22.7. The third-order valence-electron chi connectivity index (χ3n) is 4.47. The first-order valence-corrected chi connectivity index (χ1v) is 13.0. The number of hydrogen-bond acceptors (Lipinski definition) is 8. The Kier molecular flexibility index (Phi) is 12.4. The van der Waals surface area contributed by atoms with Gasteiger partial charge in [-0.25, -0.2) is 4.79 Å². The van der Waals surface area contributed by atoms with Gasteiger partial charge in [-0.05, 0) is 72.6 Å². The van der Waals surface area contributed by atoms with Crippen molar-refractivity contribution in [1.82, 2.24) is 10.6 Å². The molecule has 0 aromatic carbocycles. The Morgan fingerprint density at radius 3 is 2.14 bits per heavy atom. The summed E-state index contributed by atoms with van der Waals surface area (Å²) in [6.07, 6.45) is 8.55. The fourth-order valence-electron chi connectivity index (χ4n) is 3.02. The number of ether oxygens (including phenoxy) is 3. The Morgan fingerprint density at radius 2 is 1.60 bits per heavy atom. The predicted molar refractivity (Wildman–Crippen MR) is 136 cm³/mol. The van der Waals surface area contributed by atoms with Crippen molar-refractivity contribution in [3.8, 4) is 0 Å². The molecule has 1 aliphatic rings. The van der Waals surface area contributed by atoms with Gasteiger partial charge in [-0.15, -0.1) is 11.8 Å². The fraction of sp³-hybridized carbons (Fsp3) is 0.680.